The molecule has 2 rings (SSSR count). The predicted octanol–water partition coefficient (Wildman–Crippen LogP) is 3.90. The van der Waals surface area contributed by atoms with E-state index in [1.165, 1.54) is 16.7 Å². The molecule has 0 bridgehead atoms. The third-order valence-electron chi connectivity index (χ3n) is 3.47. The second kappa shape index (κ2) is 5.81. The van der Waals surface area contributed by atoms with E-state index in [9.17, 15) is 4.79 Å². The summed E-state index contributed by atoms with van der Waals surface area (Å²) in [6.07, 6.45) is 7.77. The fraction of sp³-hybridized carbons (Fsp3) is 0.353. The first-order valence-electron chi connectivity index (χ1n) is 6.61. The standard InChI is InChI=1S/C17H19O/c1-3-7-15-10-11-17(18)13(2)16(15)12-14-8-5-4-6-9-14/h4-6,8-10,13H,3,7,12H2,1-2H3. The molecule has 0 saturated heterocycles. The zero-order chi connectivity index (χ0) is 13.0. The van der Waals surface area contributed by atoms with Gasteiger partial charge in [-0.05, 0) is 30.1 Å². The smallest absolute Gasteiger partial charge is 0.170 e. The van der Waals surface area contributed by atoms with Gasteiger partial charge in [0.05, 0.1) is 0 Å². The normalized spacial score (nSPS) is 19.4. The molecule has 0 aromatic heterocycles. The van der Waals surface area contributed by atoms with Crippen LogP contribution < -0.4 is 0 Å². The first kappa shape index (κ1) is 12.8. The van der Waals surface area contributed by atoms with Crippen LogP contribution in [-0.2, 0) is 11.2 Å². The highest BCUT2D eigenvalue weighted by Crippen LogP contribution is 2.28. The van der Waals surface area contributed by atoms with Crippen LogP contribution in [0.5, 0.6) is 0 Å². The van der Waals surface area contributed by atoms with E-state index in [0.717, 1.165) is 19.3 Å². The number of rotatable bonds is 4. The van der Waals surface area contributed by atoms with Crippen LogP contribution in [0.3, 0.4) is 0 Å². The summed E-state index contributed by atoms with van der Waals surface area (Å²) in [5.74, 6) is 0.0949. The molecule has 1 atom stereocenters. The summed E-state index contributed by atoms with van der Waals surface area (Å²) in [6.45, 7) is 4.17. The van der Waals surface area contributed by atoms with Crippen LogP contribution in [0.15, 0.2) is 47.6 Å². The fourth-order valence-electron chi connectivity index (χ4n) is 2.40. The highest BCUT2D eigenvalue weighted by molar-refractivity contribution is 5.92. The Kier molecular flexibility index (Phi) is 4.14. The molecule has 0 saturated carbocycles. The maximum atomic E-state index is 11.8. The molecular formula is C17H19O. The average molecular weight is 239 g/mol. The van der Waals surface area contributed by atoms with Gasteiger partial charge in [-0.3, -0.25) is 4.79 Å². The van der Waals surface area contributed by atoms with Gasteiger partial charge in [-0.1, -0.05) is 56.2 Å². The van der Waals surface area contributed by atoms with Crippen molar-refractivity contribution in [2.45, 2.75) is 33.1 Å². The molecule has 1 aliphatic carbocycles. The van der Waals surface area contributed by atoms with Crippen molar-refractivity contribution in [3.8, 4) is 0 Å². The van der Waals surface area contributed by atoms with E-state index in [4.69, 9.17) is 0 Å². The van der Waals surface area contributed by atoms with E-state index in [1.54, 1.807) is 0 Å². The number of benzene rings is 1. The van der Waals surface area contributed by atoms with Crippen molar-refractivity contribution in [3.63, 3.8) is 0 Å². The largest absolute Gasteiger partial charge is 0.293 e. The Morgan fingerprint density at radius 3 is 2.61 bits per heavy atom. The van der Waals surface area contributed by atoms with Crippen molar-refractivity contribution < 1.29 is 4.79 Å². The Hall–Kier alpha value is -1.63. The van der Waals surface area contributed by atoms with Crippen molar-refractivity contribution in [3.05, 3.63) is 59.2 Å². The number of carbonyl (C=O) groups is 1. The van der Waals surface area contributed by atoms with E-state index in [-0.39, 0.29) is 11.7 Å². The third-order valence-corrected chi connectivity index (χ3v) is 3.47. The second-order valence-electron chi connectivity index (χ2n) is 4.84. The molecule has 0 heterocycles. The van der Waals surface area contributed by atoms with Crippen molar-refractivity contribution in [1.29, 1.82) is 0 Å². The fourth-order valence-corrected chi connectivity index (χ4v) is 2.40. The Balaban J connectivity index is 2.29. The number of allylic oxidation sites excluding steroid dienone is 4. The first-order valence-corrected chi connectivity index (χ1v) is 6.61. The van der Waals surface area contributed by atoms with Gasteiger partial charge in [-0.15, -0.1) is 0 Å². The zero-order valence-electron chi connectivity index (χ0n) is 11.1. The maximum absolute atomic E-state index is 11.8. The average Bonchev–Trinajstić information content (AvgIpc) is 2.40. The molecular weight excluding hydrogens is 220 g/mol. The molecule has 0 spiro atoms. The van der Waals surface area contributed by atoms with E-state index in [0.29, 0.717) is 0 Å². The van der Waals surface area contributed by atoms with Gasteiger partial charge in [0.15, 0.2) is 5.78 Å². The minimum atomic E-state index is -0.0169. The molecule has 1 aromatic carbocycles. The summed E-state index contributed by atoms with van der Waals surface area (Å²) < 4.78 is 0. The van der Waals surface area contributed by atoms with Gasteiger partial charge in [0.25, 0.3) is 0 Å². The third kappa shape index (κ3) is 2.79. The number of hydrogen-bond donors (Lipinski definition) is 0. The Morgan fingerprint density at radius 2 is 1.94 bits per heavy atom. The Morgan fingerprint density at radius 1 is 1.22 bits per heavy atom. The lowest BCUT2D eigenvalue weighted by atomic mass is 9.82. The lowest BCUT2D eigenvalue weighted by molar-refractivity contribution is -0.117. The molecule has 0 amide bonds. The lowest BCUT2D eigenvalue weighted by Gasteiger charge is -2.21. The second-order valence-corrected chi connectivity index (χ2v) is 4.84. The number of hydrogen-bond acceptors (Lipinski definition) is 1. The van der Waals surface area contributed by atoms with E-state index in [2.05, 4.69) is 25.1 Å². The molecule has 1 unspecified atom stereocenters. The Bertz CT molecular complexity index is 480. The van der Waals surface area contributed by atoms with Gasteiger partial charge >= 0.3 is 0 Å². The molecule has 1 heteroatoms. The molecule has 0 N–H and O–H groups in total. The van der Waals surface area contributed by atoms with Gasteiger partial charge in [0.1, 0.15) is 0 Å². The minimum absolute atomic E-state index is 0.0169. The summed E-state index contributed by atoms with van der Waals surface area (Å²) >= 11 is 0. The highest BCUT2D eigenvalue weighted by Gasteiger charge is 2.22. The van der Waals surface area contributed by atoms with Crippen LogP contribution in [0.25, 0.3) is 0 Å². The SMILES string of the molecule is CCCC1=C(Cc2ccccc2)C(C)C(=O)[C]=C1. The van der Waals surface area contributed by atoms with Crippen molar-refractivity contribution >= 4 is 5.78 Å². The first-order chi connectivity index (χ1) is 8.72. The zero-order valence-corrected chi connectivity index (χ0v) is 11.1. The van der Waals surface area contributed by atoms with E-state index < -0.39 is 0 Å². The van der Waals surface area contributed by atoms with Crippen molar-refractivity contribution in [2.24, 2.45) is 5.92 Å². The van der Waals surface area contributed by atoms with E-state index >= 15 is 0 Å². The van der Waals surface area contributed by atoms with Crippen LogP contribution in [0.2, 0.25) is 0 Å². The van der Waals surface area contributed by atoms with Crippen LogP contribution in [-0.4, -0.2) is 5.78 Å². The monoisotopic (exact) mass is 239 g/mol. The van der Waals surface area contributed by atoms with Crippen molar-refractivity contribution in [1.82, 2.24) is 0 Å². The highest BCUT2D eigenvalue weighted by atomic mass is 16.1. The predicted molar refractivity (Wildman–Crippen MR) is 74.1 cm³/mol. The van der Waals surface area contributed by atoms with Crippen LogP contribution in [0, 0.1) is 12.0 Å². The Labute approximate surface area is 109 Å². The van der Waals surface area contributed by atoms with Gasteiger partial charge in [0, 0.05) is 12.0 Å². The summed E-state index contributed by atoms with van der Waals surface area (Å²) in [6, 6.07) is 10.4. The molecule has 1 radical (unpaired) electrons. The number of ketones is 1. The van der Waals surface area contributed by atoms with Gasteiger partial charge in [-0.25, -0.2) is 0 Å². The minimum Gasteiger partial charge on any atom is -0.293 e. The molecule has 1 aliphatic rings. The molecule has 0 aliphatic heterocycles. The summed E-state index contributed by atoms with van der Waals surface area (Å²) in [7, 11) is 0. The van der Waals surface area contributed by atoms with E-state index in [1.807, 2.05) is 31.2 Å². The van der Waals surface area contributed by atoms with Gasteiger partial charge in [-0.2, -0.15) is 0 Å². The van der Waals surface area contributed by atoms with Gasteiger partial charge in [0.2, 0.25) is 0 Å². The van der Waals surface area contributed by atoms with Crippen LogP contribution in [0.4, 0.5) is 0 Å². The van der Waals surface area contributed by atoms with Crippen LogP contribution >= 0.6 is 0 Å². The summed E-state index contributed by atoms with van der Waals surface area (Å²) in [5, 5.41) is 0. The van der Waals surface area contributed by atoms with Gasteiger partial charge < -0.3 is 0 Å². The summed E-state index contributed by atoms with van der Waals surface area (Å²) in [5.41, 5.74) is 3.84. The molecule has 18 heavy (non-hydrogen) atoms. The van der Waals surface area contributed by atoms with Crippen LogP contribution in [0.1, 0.15) is 32.3 Å². The quantitative estimate of drug-likeness (QED) is 0.778. The maximum Gasteiger partial charge on any atom is 0.170 e. The molecule has 0 fully saturated rings. The number of Topliss-reactive ketones (excluding diaryl/α,β-unsaturated/α-hetero) is 1. The topological polar surface area (TPSA) is 17.1 Å². The molecule has 1 nitrogen and oxygen atoms in total. The molecule has 1 aromatic rings. The van der Waals surface area contributed by atoms with Crippen molar-refractivity contribution in [2.75, 3.05) is 0 Å². The molecule has 93 valence electrons. The lowest BCUT2D eigenvalue weighted by Crippen LogP contribution is -2.18. The summed E-state index contributed by atoms with van der Waals surface area (Å²) in [4.78, 5) is 11.8. The number of carbonyl (C=O) groups excluding carboxylic acids is 1.